The summed E-state index contributed by atoms with van der Waals surface area (Å²) in [5, 5.41) is 3.24. The van der Waals surface area contributed by atoms with Gasteiger partial charge in [0.05, 0.1) is 5.41 Å². The Morgan fingerprint density at radius 1 is 1.10 bits per heavy atom. The molecule has 0 saturated heterocycles. The van der Waals surface area contributed by atoms with Crippen molar-refractivity contribution in [3.63, 3.8) is 0 Å². The topological polar surface area (TPSA) is 55.1 Å². The third-order valence-corrected chi connectivity index (χ3v) is 4.39. The SMILES string of the molecule is CC(C)(C(=O)NC1CCCCCC1)c1ccc(N)cc1. The number of hydrogen-bond donors (Lipinski definition) is 2. The van der Waals surface area contributed by atoms with E-state index in [1.807, 2.05) is 38.1 Å². The minimum absolute atomic E-state index is 0.120. The lowest BCUT2D eigenvalue weighted by atomic mass is 9.83. The van der Waals surface area contributed by atoms with E-state index in [0.29, 0.717) is 6.04 Å². The van der Waals surface area contributed by atoms with Gasteiger partial charge in [0.1, 0.15) is 0 Å². The molecule has 0 unspecified atom stereocenters. The van der Waals surface area contributed by atoms with Gasteiger partial charge in [-0.1, -0.05) is 37.8 Å². The minimum atomic E-state index is -0.514. The molecule has 2 rings (SSSR count). The van der Waals surface area contributed by atoms with Gasteiger partial charge in [-0.3, -0.25) is 4.79 Å². The number of carbonyl (C=O) groups is 1. The van der Waals surface area contributed by atoms with Gasteiger partial charge in [0.2, 0.25) is 5.91 Å². The second-order valence-corrected chi connectivity index (χ2v) is 6.41. The Morgan fingerprint density at radius 2 is 1.65 bits per heavy atom. The van der Waals surface area contributed by atoms with Gasteiger partial charge in [0.15, 0.2) is 0 Å². The zero-order valence-corrected chi connectivity index (χ0v) is 12.6. The fraction of sp³-hybridized carbons (Fsp3) is 0.588. The first-order chi connectivity index (χ1) is 9.50. The van der Waals surface area contributed by atoms with Crippen molar-refractivity contribution in [2.24, 2.45) is 0 Å². The van der Waals surface area contributed by atoms with Gasteiger partial charge in [-0.15, -0.1) is 0 Å². The summed E-state index contributed by atoms with van der Waals surface area (Å²) in [5.74, 6) is 0.120. The highest BCUT2D eigenvalue weighted by Gasteiger charge is 2.31. The second-order valence-electron chi connectivity index (χ2n) is 6.41. The quantitative estimate of drug-likeness (QED) is 0.655. The molecule has 0 atom stereocenters. The maximum Gasteiger partial charge on any atom is 0.230 e. The Kier molecular flexibility index (Phi) is 4.69. The molecule has 0 bridgehead atoms. The Balaban J connectivity index is 2.04. The average Bonchev–Trinajstić information content (AvgIpc) is 2.68. The summed E-state index contributed by atoms with van der Waals surface area (Å²) in [4.78, 5) is 12.6. The Bertz CT molecular complexity index is 443. The number of rotatable bonds is 3. The molecule has 3 heteroatoms. The molecule has 0 radical (unpaired) electrons. The molecular formula is C17H26N2O. The van der Waals surface area contributed by atoms with E-state index in [0.717, 1.165) is 24.1 Å². The van der Waals surface area contributed by atoms with E-state index >= 15 is 0 Å². The van der Waals surface area contributed by atoms with Gasteiger partial charge in [-0.05, 0) is 44.4 Å². The highest BCUT2D eigenvalue weighted by atomic mass is 16.2. The number of anilines is 1. The van der Waals surface area contributed by atoms with E-state index in [4.69, 9.17) is 5.73 Å². The van der Waals surface area contributed by atoms with Crippen molar-refractivity contribution >= 4 is 11.6 Å². The van der Waals surface area contributed by atoms with Crippen LogP contribution in [-0.2, 0) is 10.2 Å². The first kappa shape index (κ1) is 14.9. The number of nitrogens with one attached hydrogen (secondary N) is 1. The van der Waals surface area contributed by atoms with Crippen molar-refractivity contribution < 1.29 is 4.79 Å². The van der Waals surface area contributed by atoms with Crippen LogP contribution in [0.25, 0.3) is 0 Å². The predicted octanol–water partition coefficient (Wildman–Crippen LogP) is 3.39. The van der Waals surface area contributed by atoms with E-state index in [1.54, 1.807) is 0 Å². The lowest BCUT2D eigenvalue weighted by Gasteiger charge is -2.27. The summed E-state index contributed by atoms with van der Waals surface area (Å²) in [6, 6.07) is 7.95. The molecule has 0 aliphatic heterocycles. The third kappa shape index (κ3) is 3.53. The van der Waals surface area contributed by atoms with E-state index in [-0.39, 0.29) is 5.91 Å². The van der Waals surface area contributed by atoms with Crippen LogP contribution in [-0.4, -0.2) is 11.9 Å². The van der Waals surface area contributed by atoms with Gasteiger partial charge in [-0.25, -0.2) is 0 Å². The number of benzene rings is 1. The van der Waals surface area contributed by atoms with Crippen LogP contribution in [0.5, 0.6) is 0 Å². The fourth-order valence-electron chi connectivity index (χ4n) is 2.82. The Hall–Kier alpha value is -1.51. The molecule has 20 heavy (non-hydrogen) atoms. The molecule has 110 valence electrons. The Labute approximate surface area is 121 Å². The van der Waals surface area contributed by atoms with Crippen molar-refractivity contribution in [2.75, 3.05) is 5.73 Å². The largest absolute Gasteiger partial charge is 0.399 e. The maximum atomic E-state index is 12.6. The van der Waals surface area contributed by atoms with E-state index < -0.39 is 5.41 Å². The van der Waals surface area contributed by atoms with Crippen molar-refractivity contribution in [3.8, 4) is 0 Å². The summed E-state index contributed by atoms with van der Waals surface area (Å²) in [5.41, 5.74) is 6.94. The molecule has 3 N–H and O–H groups in total. The Morgan fingerprint density at radius 3 is 2.20 bits per heavy atom. The molecule has 1 aliphatic rings. The van der Waals surface area contributed by atoms with Crippen molar-refractivity contribution in [2.45, 2.75) is 63.8 Å². The van der Waals surface area contributed by atoms with E-state index in [2.05, 4.69) is 5.32 Å². The van der Waals surface area contributed by atoms with Crippen LogP contribution in [0.4, 0.5) is 5.69 Å². The van der Waals surface area contributed by atoms with Gasteiger partial charge < -0.3 is 11.1 Å². The first-order valence-corrected chi connectivity index (χ1v) is 7.67. The highest BCUT2D eigenvalue weighted by Crippen LogP contribution is 2.25. The minimum Gasteiger partial charge on any atom is -0.399 e. The van der Waals surface area contributed by atoms with Crippen LogP contribution >= 0.6 is 0 Å². The first-order valence-electron chi connectivity index (χ1n) is 7.67. The van der Waals surface area contributed by atoms with Crippen LogP contribution in [0.15, 0.2) is 24.3 Å². The summed E-state index contributed by atoms with van der Waals surface area (Å²) in [6.07, 6.45) is 7.29. The van der Waals surface area contributed by atoms with Crippen LogP contribution in [0, 0.1) is 0 Å². The van der Waals surface area contributed by atoms with Crippen molar-refractivity contribution in [3.05, 3.63) is 29.8 Å². The zero-order valence-electron chi connectivity index (χ0n) is 12.6. The predicted molar refractivity (Wildman–Crippen MR) is 83.5 cm³/mol. The summed E-state index contributed by atoms with van der Waals surface area (Å²) < 4.78 is 0. The number of nitrogens with two attached hydrogens (primary N) is 1. The molecular weight excluding hydrogens is 248 g/mol. The van der Waals surface area contributed by atoms with Crippen LogP contribution < -0.4 is 11.1 Å². The van der Waals surface area contributed by atoms with Gasteiger partial charge >= 0.3 is 0 Å². The second kappa shape index (κ2) is 6.29. The summed E-state index contributed by atoms with van der Waals surface area (Å²) in [7, 11) is 0. The van der Waals surface area contributed by atoms with E-state index in [9.17, 15) is 4.79 Å². The van der Waals surface area contributed by atoms with Gasteiger partial charge in [-0.2, -0.15) is 0 Å². The molecule has 0 aromatic heterocycles. The van der Waals surface area contributed by atoms with Gasteiger partial charge in [0, 0.05) is 11.7 Å². The smallest absolute Gasteiger partial charge is 0.230 e. The highest BCUT2D eigenvalue weighted by molar-refractivity contribution is 5.87. The molecule has 1 aliphatic carbocycles. The fourth-order valence-corrected chi connectivity index (χ4v) is 2.82. The number of carbonyl (C=O) groups excluding carboxylic acids is 1. The van der Waals surface area contributed by atoms with Crippen LogP contribution in [0.1, 0.15) is 57.9 Å². The monoisotopic (exact) mass is 274 g/mol. The van der Waals surface area contributed by atoms with E-state index in [1.165, 1.54) is 25.7 Å². The molecule has 1 fully saturated rings. The lowest BCUT2D eigenvalue weighted by molar-refractivity contribution is -0.126. The molecule has 1 amide bonds. The number of hydrogen-bond acceptors (Lipinski definition) is 2. The number of amides is 1. The third-order valence-electron chi connectivity index (χ3n) is 4.39. The summed E-state index contributed by atoms with van der Waals surface area (Å²) in [6.45, 7) is 3.95. The normalized spacial score (nSPS) is 17.5. The van der Waals surface area contributed by atoms with Crippen molar-refractivity contribution in [1.29, 1.82) is 0 Å². The molecule has 1 saturated carbocycles. The molecule has 1 aromatic rings. The number of nitrogen functional groups attached to an aromatic ring is 1. The van der Waals surface area contributed by atoms with Crippen LogP contribution in [0.2, 0.25) is 0 Å². The lowest BCUT2D eigenvalue weighted by Crippen LogP contribution is -2.45. The molecule has 0 spiro atoms. The van der Waals surface area contributed by atoms with Crippen LogP contribution in [0.3, 0.4) is 0 Å². The summed E-state index contributed by atoms with van der Waals surface area (Å²) >= 11 is 0. The maximum absolute atomic E-state index is 12.6. The zero-order chi connectivity index (χ0) is 14.6. The van der Waals surface area contributed by atoms with Crippen molar-refractivity contribution in [1.82, 2.24) is 5.32 Å². The molecule has 0 heterocycles. The molecule has 1 aromatic carbocycles. The van der Waals surface area contributed by atoms with Gasteiger partial charge in [0.25, 0.3) is 0 Å². The standard InChI is InChI=1S/C17H26N2O/c1-17(2,13-9-11-14(18)12-10-13)16(20)19-15-7-5-3-4-6-8-15/h9-12,15H,3-8,18H2,1-2H3,(H,19,20). The molecule has 3 nitrogen and oxygen atoms in total. The average molecular weight is 274 g/mol.